The summed E-state index contributed by atoms with van der Waals surface area (Å²) in [5, 5.41) is 4.93. The molecule has 1 atom stereocenters. The van der Waals surface area contributed by atoms with Crippen molar-refractivity contribution >= 4 is 10.9 Å². The van der Waals surface area contributed by atoms with Crippen molar-refractivity contribution in [1.82, 2.24) is 15.2 Å². The molecule has 1 aliphatic heterocycles. The number of para-hydroxylation sites is 1. The number of fused-ring (bicyclic) bond motifs is 1. The molecular weight excluding hydrogens is 258 g/mol. The second-order valence-electron chi connectivity index (χ2n) is 6.07. The van der Waals surface area contributed by atoms with Crippen LogP contribution < -0.4 is 5.32 Å². The number of hydrogen-bond donors (Lipinski definition) is 2. The molecule has 0 radical (unpaired) electrons. The van der Waals surface area contributed by atoms with Gasteiger partial charge in [-0.3, -0.25) is 4.90 Å². The third kappa shape index (κ3) is 2.99. The molecule has 21 heavy (non-hydrogen) atoms. The Morgan fingerprint density at radius 1 is 1.24 bits per heavy atom. The molecule has 0 saturated carbocycles. The minimum Gasteiger partial charge on any atom is -0.361 e. The van der Waals surface area contributed by atoms with Gasteiger partial charge < -0.3 is 10.3 Å². The Balaban J connectivity index is 1.83. The summed E-state index contributed by atoms with van der Waals surface area (Å²) in [5.41, 5.74) is 4.18. The Morgan fingerprint density at radius 2 is 2.14 bits per heavy atom. The van der Waals surface area contributed by atoms with Crippen LogP contribution in [-0.4, -0.2) is 35.6 Å². The average Bonchev–Trinajstić information content (AvgIpc) is 2.96. The van der Waals surface area contributed by atoms with Crippen molar-refractivity contribution < 1.29 is 0 Å². The van der Waals surface area contributed by atoms with Crippen LogP contribution in [0.4, 0.5) is 0 Å². The standard InChI is InChI=1S/C18H27N3/c1-3-14-7-5-9-17-15(11-20-18(14)17)13-21(4-2)16-8-6-10-19-12-16/h5,7,9,11,16,19-20H,3-4,6,8,10,12-13H2,1-2H3. The molecule has 1 aromatic carbocycles. The molecule has 2 N–H and O–H groups in total. The molecule has 1 saturated heterocycles. The molecule has 2 heterocycles. The van der Waals surface area contributed by atoms with Gasteiger partial charge in [-0.1, -0.05) is 32.0 Å². The predicted molar refractivity (Wildman–Crippen MR) is 89.7 cm³/mol. The van der Waals surface area contributed by atoms with Crippen LogP contribution in [0, 0.1) is 0 Å². The van der Waals surface area contributed by atoms with Crippen LogP contribution in [0.25, 0.3) is 10.9 Å². The molecule has 114 valence electrons. The summed E-state index contributed by atoms with van der Waals surface area (Å²) in [4.78, 5) is 6.12. The van der Waals surface area contributed by atoms with E-state index in [0.717, 1.165) is 26.1 Å². The molecular formula is C18H27N3. The number of nitrogens with one attached hydrogen (secondary N) is 2. The van der Waals surface area contributed by atoms with Gasteiger partial charge in [0.15, 0.2) is 0 Å². The van der Waals surface area contributed by atoms with Crippen LogP contribution in [0.5, 0.6) is 0 Å². The first-order valence-corrected chi connectivity index (χ1v) is 8.36. The summed E-state index contributed by atoms with van der Waals surface area (Å²) in [6, 6.07) is 7.36. The highest BCUT2D eigenvalue weighted by molar-refractivity contribution is 5.86. The van der Waals surface area contributed by atoms with Crippen molar-refractivity contribution in [3.05, 3.63) is 35.5 Å². The van der Waals surface area contributed by atoms with E-state index in [2.05, 4.69) is 53.4 Å². The van der Waals surface area contributed by atoms with Crippen molar-refractivity contribution in [2.24, 2.45) is 0 Å². The largest absolute Gasteiger partial charge is 0.361 e. The zero-order valence-electron chi connectivity index (χ0n) is 13.3. The molecule has 3 nitrogen and oxygen atoms in total. The van der Waals surface area contributed by atoms with Crippen molar-refractivity contribution in [1.29, 1.82) is 0 Å². The van der Waals surface area contributed by atoms with E-state index in [4.69, 9.17) is 0 Å². The Morgan fingerprint density at radius 3 is 2.86 bits per heavy atom. The van der Waals surface area contributed by atoms with Gasteiger partial charge in [0.25, 0.3) is 0 Å². The number of rotatable bonds is 5. The number of hydrogen-bond acceptors (Lipinski definition) is 2. The molecule has 0 aliphatic carbocycles. The van der Waals surface area contributed by atoms with Crippen molar-refractivity contribution in [3.63, 3.8) is 0 Å². The summed E-state index contributed by atoms with van der Waals surface area (Å²) in [5.74, 6) is 0. The monoisotopic (exact) mass is 285 g/mol. The number of piperidine rings is 1. The van der Waals surface area contributed by atoms with E-state index in [9.17, 15) is 0 Å². The molecule has 1 fully saturated rings. The number of aromatic amines is 1. The average molecular weight is 285 g/mol. The molecule has 0 spiro atoms. The van der Waals surface area contributed by atoms with Gasteiger partial charge >= 0.3 is 0 Å². The number of nitrogens with zero attached hydrogens (tertiary/aromatic N) is 1. The van der Waals surface area contributed by atoms with E-state index in [0.29, 0.717) is 6.04 Å². The van der Waals surface area contributed by atoms with E-state index < -0.39 is 0 Å². The molecule has 0 bridgehead atoms. The summed E-state index contributed by atoms with van der Waals surface area (Å²) >= 11 is 0. The van der Waals surface area contributed by atoms with Gasteiger partial charge in [-0.25, -0.2) is 0 Å². The smallest absolute Gasteiger partial charge is 0.0489 e. The van der Waals surface area contributed by atoms with Gasteiger partial charge in [0.1, 0.15) is 0 Å². The fraction of sp³-hybridized carbons (Fsp3) is 0.556. The molecule has 1 aromatic heterocycles. The molecule has 2 aromatic rings. The second kappa shape index (κ2) is 6.63. The Bertz CT molecular complexity index is 581. The van der Waals surface area contributed by atoms with E-state index in [-0.39, 0.29) is 0 Å². The van der Waals surface area contributed by atoms with Gasteiger partial charge in [-0.2, -0.15) is 0 Å². The lowest BCUT2D eigenvalue weighted by atomic mass is 10.0. The minimum absolute atomic E-state index is 0.683. The molecule has 1 unspecified atom stereocenters. The maximum atomic E-state index is 3.54. The van der Waals surface area contributed by atoms with Crippen LogP contribution in [-0.2, 0) is 13.0 Å². The van der Waals surface area contributed by atoms with Gasteiger partial charge in [-0.15, -0.1) is 0 Å². The van der Waals surface area contributed by atoms with E-state index >= 15 is 0 Å². The van der Waals surface area contributed by atoms with Gasteiger partial charge in [0, 0.05) is 36.2 Å². The first-order chi connectivity index (χ1) is 10.3. The van der Waals surface area contributed by atoms with Crippen LogP contribution in [0.3, 0.4) is 0 Å². The summed E-state index contributed by atoms with van der Waals surface area (Å²) in [6.07, 6.45) is 5.92. The van der Waals surface area contributed by atoms with Crippen LogP contribution in [0.15, 0.2) is 24.4 Å². The van der Waals surface area contributed by atoms with Crippen molar-refractivity contribution in [2.45, 2.75) is 45.7 Å². The fourth-order valence-electron chi connectivity index (χ4n) is 3.56. The first-order valence-electron chi connectivity index (χ1n) is 8.36. The third-order valence-corrected chi connectivity index (χ3v) is 4.84. The lowest BCUT2D eigenvalue weighted by Crippen LogP contribution is -2.45. The maximum Gasteiger partial charge on any atom is 0.0489 e. The van der Waals surface area contributed by atoms with Crippen LogP contribution in [0.1, 0.15) is 37.8 Å². The fourth-order valence-corrected chi connectivity index (χ4v) is 3.56. The summed E-state index contributed by atoms with van der Waals surface area (Å²) in [7, 11) is 0. The Kier molecular flexibility index (Phi) is 4.61. The minimum atomic E-state index is 0.683. The highest BCUT2D eigenvalue weighted by atomic mass is 15.2. The topological polar surface area (TPSA) is 31.1 Å². The summed E-state index contributed by atoms with van der Waals surface area (Å²) in [6.45, 7) is 8.99. The van der Waals surface area contributed by atoms with Gasteiger partial charge in [-0.05, 0) is 43.5 Å². The van der Waals surface area contributed by atoms with E-state index in [1.807, 2.05) is 0 Å². The maximum absolute atomic E-state index is 3.54. The zero-order valence-corrected chi connectivity index (χ0v) is 13.3. The van der Waals surface area contributed by atoms with Gasteiger partial charge in [0.2, 0.25) is 0 Å². The van der Waals surface area contributed by atoms with E-state index in [1.165, 1.54) is 41.4 Å². The third-order valence-electron chi connectivity index (χ3n) is 4.84. The highest BCUT2D eigenvalue weighted by Crippen LogP contribution is 2.24. The van der Waals surface area contributed by atoms with E-state index in [1.54, 1.807) is 0 Å². The lowest BCUT2D eigenvalue weighted by molar-refractivity contribution is 0.166. The zero-order chi connectivity index (χ0) is 14.7. The first kappa shape index (κ1) is 14.6. The number of aryl methyl sites for hydroxylation is 1. The number of aromatic nitrogens is 1. The number of benzene rings is 1. The van der Waals surface area contributed by atoms with Crippen molar-refractivity contribution in [2.75, 3.05) is 19.6 Å². The molecule has 3 rings (SSSR count). The summed E-state index contributed by atoms with van der Waals surface area (Å²) < 4.78 is 0. The Hall–Kier alpha value is -1.32. The normalized spacial score (nSPS) is 19.5. The molecule has 3 heteroatoms. The quantitative estimate of drug-likeness (QED) is 0.883. The molecule has 0 amide bonds. The van der Waals surface area contributed by atoms with Gasteiger partial charge in [0.05, 0.1) is 0 Å². The second-order valence-corrected chi connectivity index (χ2v) is 6.07. The number of H-pyrrole nitrogens is 1. The predicted octanol–water partition coefficient (Wildman–Crippen LogP) is 3.30. The van der Waals surface area contributed by atoms with Crippen LogP contribution in [0.2, 0.25) is 0 Å². The highest BCUT2D eigenvalue weighted by Gasteiger charge is 2.20. The number of likely N-dealkylation sites (N-methyl/N-ethyl adjacent to an activating group) is 1. The van der Waals surface area contributed by atoms with Crippen LogP contribution >= 0.6 is 0 Å². The SMILES string of the molecule is CCc1cccc2c(CN(CC)C3CCCNC3)c[nH]c12. The Labute approximate surface area is 127 Å². The lowest BCUT2D eigenvalue weighted by Gasteiger charge is -2.33. The molecule has 1 aliphatic rings. The van der Waals surface area contributed by atoms with Crippen molar-refractivity contribution in [3.8, 4) is 0 Å².